The first-order valence-electron chi connectivity index (χ1n) is 6.10. The molecule has 0 saturated heterocycles. The normalized spacial score (nSPS) is 12.2. The number of carbonyl (C=O) groups is 1. The summed E-state index contributed by atoms with van der Waals surface area (Å²) in [6, 6.07) is 5.36. The molecule has 19 heavy (non-hydrogen) atoms. The fraction of sp³-hybridized carbons (Fsp3) is 0.462. The van der Waals surface area contributed by atoms with Gasteiger partial charge in [0.15, 0.2) is 0 Å². The van der Waals surface area contributed by atoms with Crippen LogP contribution in [0.5, 0.6) is 0 Å². The lowest BCUT2D eigenvalue weighted by Crippen LogP contribution is -2.38. The van der Waals surface area contributed by atoms with Crippen LogP contribution in [0, 0.1) is 16.0 Å². The van der Waals surface area contributed by atoms with Crippen LogP contribution in [0.15, 0.2) is 24.3 Å². The summed E-state index contributed by atoms with van der Waals surface area (Å²) in [5, 5.41) is 22.7. The number of hydrogen-bond donors (Lipinski definition) is 2. The molecule has 1 aromatic carbocycles. The molecule has 0 aliphatic rings. The van der Waals surface area contributed by atoms with Crippen LogP contribution < -0.4 is 5.32 Å². The van der Waals surface area contributed by atoms with E-state index >= 15 is 0 Å². The van der Waals surface area contributed by atoms with E-state index in [2.05, 4.69) is 5.32 Å². The molecule has 0 fully saturated rings. The maximum absolute atomic E-state index is 12.0. The van der Waals surface area contributed by atoms with Gasteiger partial charge in [-0.15, -0.1) is 0 Å². The van der Waals surface area contributed by atoms with Crippen molar-refractivity contribution in [3.05, 3.63) is 39.9 Å². The monoisotopic (exact) mass is 266 g/mol. The largest absolute Gasteiger partial charge is 0.394 e. The molecule has 1 rings (SSSR count). The third-order valence-corrected chi connectivity index (χ3v) is 2.66. The van der Waals surface area contributed by atoms with Crippen LogP contribution in [-0.4, -0.2) is 28.6 Å². The Labute approximate surface area is 111 Å². The number of para-hydroxylation sites is 1. The molecular formula is C13H18N2O4. The van der Waals surface area contributed by atoms with Gasteiger partial charge in [0.25, 0.3) is 11.6 Å². The van der Waals surface area contributed by atoms with Gasteiger partial charge in [0.1, 0.15) is 5.56 Å². The maximum Gasteiger partial charge on any atom is 0.282 e. The predicted molar refractivity (Wildman–Crippen MR) is 70.9 cm³/mol. The molecule has 0 aliphatic carbocycles. The Morgan fingerprint density at radius 2 is 2.05 bits per heavy atom. The summed E-state index contributed by atoms with van der Waals surface area (Å²) in [5.41, 5.74) is -0.226. The second-order valence-corrected chi connectivity index (χ2v) is 4.76. The number of nitrogens with one attached hydrogen (secondary N) is 1. The standard InChI is InChI=1S/C13H18N2O4/c1-9(2)7-10(8-16)14-13(17)11-5-3-4-6-12(11)15(18)19/h3-6,9-10,16H,7-8H2,1-2H3,(H,14,17)/t10-/m0/s1. The second-order valence-electron chi connectivity index (χ2n) is 4.76. The van der Waals surface area contributed by atoms with E-state index in [4.69, 9.17) is 0 Å². The molecule has 1 amide bonds. The first-order chi connectivity index (χ1) is 8.95. The molecule has 1 atom stereocenters. The summed E-state index contributed by atoms with van der Waals surface area (Å²) in [6.45, 7) is 3.75. The molecule has 104 valence electrons. The Morgan fingerprint density at radius 1 is 1.42 bits per heavy atom. The number of hydrogen-bond acceptors (Lipinski definition) is 4. The molecule has 0 aliphatic heterocycles. The number of benzene rings is 1. The van der Waals surface area contributed by atoms with E-state index in [-0.39, 0.29) is 17.9 Å². The second kappa shape index (κ2) is 6.84. The third kappa shape index (κ3) is 4.33. The third-order valence-electron chi connectivity index (χ3n) is 2.66. The fourth-order valence-corrected chi connectivity index (χ4v) is 1.84. The Bertz CT molecular complexity index is 460. The van der Waals surface area contributed by atoms with Crippen molar-refractivity contribution in [2.45, 2.75) is 26.3 Å². The summed E-state index contributed by atoms with van der Waals surface area (Å²) in [6.07, 6.45) is 0.614. The molecule has 1 aromatic rings. The van der Waals surface area contributed by atoms with Gasteiger partial charge in [-0.1, -0.05) is 26.0 Å². The number of aliphatic hydroxyl groups excluding tert-OH is 1. The van der Waals surface area contributed by atoms with E-state index in [0.29, 0.717) is 12.3 Å². The number of rotatable bonds is 6. The maximum atomic E-state index is 12.0. The van der Waals surface area contributed by atoms with Gasteiger partial charge in [-0.25, -0.2) is 0 Å². The zero-order valence-electron chi connectivity index (χ0n) is 11.0. The SMILES string of the molecule is CC(C)C[C@@H](CO)NC(=O)c1ccccc1[N+](=O)[O-]. The number of aliphatic hydroxyl groups is 1. The van der Waals surface area contributed by atoms with Gasteiger partial charge in [-0.05, 0) is 18.4 Å². The van der Waals surface area contributed by atoms with Crippen molar-refractivity contribution in [3.63, 3.8) is 0 Å². The summed E-state index contributed by atoms with van der Waals surface area (Å²) in [5.74, 6) is -0.227. The molecule has 0 spiro atoms. The molecule has 0 bridgehead atoms. The van der Waals surface area contributed by atoms with E-state index in [1.807, 2.05) is 13.8 Å². The van der Waals surface area contributed by atoms with Gasteiger partial charge in [-0.2, -0.15) is 0 Å². The average Bonchev–Trinajstić information content (AvgIpc) is 2.37. The van der Waals surface area contributed by atoms with Crippen LogP contribution in [0.3, 0.4) is 0 Å². The van der Waals surface area contributed by atoms with Crippen LogP contribution in [-0.2, 0) is 0 Å². The molecule has 0 aromatic heterocycles. The summed E-state index contributed by atoms with van der Waals surface area (Å²) < 4.78 is 0. The quantitative estimate of drug-likeness (QED) is 0.605. The summed E-state index contributed by atoms with van der Waals surface area (Å²) in [4.78, 5) is 22.2. The highest BCUT2D eigenvalue weighted by Gasteiger charge is 2.21. The van der Waals surface area contributed by atoms with Crippen molar-refractivity contribution in [3.8, 4) is 0 Å². The molecule has 0 radical (unpaired) electrons. The van der Waals surface area contributed by atoms with Gasteiger partial charge in [0, 0.05) is 6.07 Å². The van der Waals surface area contributed by atoms with Crippen molar-refractivity contribution >= 4 is 11.6 Å². The molecule has 0 saturated carbocycles. The van der Waals surface area contributed by atoms with E-state index in [0.717, 1.165) is 0 Å². The number of carbonyl (C=O) groups excluding carboxylic acids is 1. The lowest BCUT2D eigenvalue weighted by Gasteiger charge is -2.18. The smallest absolute Gasteiger partial charge is 0.282 e. The van der Waals surface area contributed by atoms with Gasteiger partial charge < -0.3 is 10.4 Å². The minimum Gasteiger partial charge on any atom is -0.394 e. The van der Waals surface area contributed by atoms with E-state index in [9.17, 15) is 20.0 Å². The minimum atomic E-state index is -0.592. The number of nitro groups is 1. The van der Waals surface area contributed by atoms with E-state index < -0.39 is 16.9 Å². The van der Waals surface area contributed by atoms with Crippen LogP contribution >= 0.6 is 0 Å². The molecule has 6 heteroatoms. The predicted octanol–water partition coefficient (Wildman–Crippen LogP) is 1.73. The van der Waals surface area contributed by atoms with Crippen LogP contribution in [0.25, 0.3) is 0 Å². The van der Waals surface area contributed by atoms with Gasteiger partial charge in [0.2, 0.25) is 0 Å². The lowest BCUT2D eigenvalue weighted by atomic mass is 10.0. The Morgan fingerprint density at radius 3 is 2.58 bits per heavy atom. The number of nitro benzene ring substituents is 1. The van der Waals surface area contributed by atoms with Crippen LogP contribution in [0.2, 0.25) is 0 Å². The highest BCUT2D eigenvalue weighted by atomic mass is 16.6. The highest BCUT2D eigenvalue weighted by Crippen LogP contribution is 2.17. The molecule has 0 unspecified atom stereocenters. The average molecular weight is 266 g/mol. The van der Waals surface area contributed by atoms with E-state index in [1.165, 1.54) is 18.2 Å². The van der Waals surface area contributed by atoms with Gasteiger partial charge in [0.05, 0.1) is 17.6 Å². The van der Waals surface area contributed by atoms with Gasteiger partial charge >= 0.3 is 0 Å². The summed E-state index contributed by atoms with van der Waals surface area (Å²) >= 11 is 0. The van der Waals surface area contributed by atoms with Gasteiger partial charge in [-0.3, -0.25) is 14.9 Å². The fourth-order valence-electron chi connectivity index (χ4n) is 1.84. The zero-order chi connectivity index (χ0) is 14.4. The van der Waals surface area contributed by atoms with Crippen molar-refractivity contribution in [2.24, 2.45) is 5.92 Å². The van der Waals surface area contributed by atoms with Crippen LogP contribution in [0.4, 0.5) is 5.69 Å². The minimum absolute atomic E-state index is 0.00899. The number of amides is 1. The lowest BCUT2D eigenvalue weighted by molar-refractivity contribution is -0.385. The van der Waals surface area contributed by atoms with Crippen molar-refractivity contribution in [1.29, 1.82) is 0 Å². The Balaban J connectivity index is 2.86. The Kier molecular flexibility index (Phi) is 5.44. The summed E-state index contributed by atoms with van der Waals surface area (Å²) in [7, 11) is 0. The highest BCUT2D eigenvalue weighted by molar-refractivity contribution is 5.98. The first-order valence-corrected chi connectivity index (χ1v) is 6.10. The first kappa shape index (κ1) is 15.1. The van der Waals surface area contributed by atoms with Crippen molar-refractivity contribution < 1.29 is 14.8 Å². The molecule has 0 heterocycles. The van der Waals surface area contributed by atoms with E-state index in [1.54, 1.807) is 6.07 Å². The van der Waals surface area contributed by atoms with Crippen molar-refractivity contribution in [1.82, 2.24) is 5.32 Å². The Hall–Kier alpha value is -1.95. The van der Waals surface area contributed by atoms with Crippen LogP contribution in [0.1, 0.15) is 30.6 Å². The topological polar surface area (TPSA) is 92.5 Å². The zero-order valence-corrected chi connectivity index (χ0v) is 11.0. The molecule has 6 nitrogen and oxygen atoms in total. The number of nitrogens with zero attached hydrogens (tertiary/aromatic N) is 1. The molecular weight excluding hydrogens is 248 g/mol. The van der Waals surface area contributed by atoms with Crippen molar-refractivity contribution in [2.75, 3.05) is 6.61 Å². The molecule has 2 N–H and O–H groups in total.